The van der Waals surface area contributed by atoms with Crippen molar-refractivity contribution in [1.82, 2.24) is 10.2 Å². The van der Waals surface area contributed by atoms with Crippen LogP contribution in [0.3, 0.4) is 0 Å². The average Bonchev–Trinajstić information content (AvgIpc) is 3.55. The van der Waals surface area contributed by atoms with E-state index in [4.69, 9.17) is 11.6 Å². The molecule has 2 aromatic carbocycles. The molecule has 2 amide bonds. The molecule has 1 saturated carbocycles. The summed E-state index contributed by atoms with van der Waals surface area (Å²) in [7, 11) is -3.51. The van der Waals surface area contributed by atoms with Gasteiger partial charge in [0.1, 0.15) is 22.7 Å². The largest absolute Gasteiger partial charge is 0.347 e. The summed E-state index contributed by atoms with van der Waals surface area (Å²) in [6.07, 6.45) is 3.68. The number of hydrogen-bond donors (Lipinski definition) is 1. The number of carbonyl (C=O) groups is 2. The maximum absolute atomic E-state index is 14.1. The average molecular weight is 511 g/mol. The molecule has 4 rings (SSSR count). The van der Waals surface area contributed by atoms with Gasteiger partial charge in [-0.3, -0.25) is 9.59 Å². The van der Waals surface area contributed by atoms with Gasteiger partial charge in [-0.05, 0) is 74.4 Å². The summed E-state index contributed by atoms with van der Waals surface area (Å²) in [6, 6.07) is 6.36. The van der Waals surface area contributed by atoms with Gasteiger partial charge in [0.05, 0.1) is 10.9 Å². The molecular formula is C24H25ClF2N2O4S. The second kappa shape index (κ2) is 9.26. The highest BCUT2D eigenvalue weighted by Crippen LogP contribution is 2.42. The van der Waals surface area contributed by atoms with E-state index in [0.717, 1.165) is 31.2 Å². The predicted molar refractivity (Wildman–Crippen MR) is 123 cm³/mol. The van der Waals surface area contributed by atoms with Crippen molar-refractivity contribution in [3.63, 3.8) is 0 Å². The third-order valence-electron chi connectivity index (χ3n) is 6.47. The van der Waals surface area contributed by atoms with Crippen LogP contribution in [0.2, 0.25) is 5.02 Å². The molecule has 1 aliphatic heterocycles. The summed E-state index contributed by atoms with van der Waals surface area (Å²) in [5, 5.41) is 2.30. The fourth-order valence-corrected chi connectivity index (χ4v) is 5.28. The fourth-order valence-electron chi connectivity index (χ4n) is 4.50. The van der Waals surface area contributed by atoms with Gasteiger partial charge in [0, 0.05) is 17.9 Å². The lowest BCUT2D eigenvalue weighted by Gasteiger charge is -2.30. The minimum atomic E-state index is -3.51. The zero-order valence-electron chi connectivity index (χ0n) is 18.7. The Morgan fingerprint density at radius 2 is 1.74 bits per heavy atom. The number of amides is 2. The quantitative estimate of drug-likeness (QED) is 0.588. The standard InChI is InChI=1S/C24H25ClF2N2O4S/c1-13-6-9-20(29(13)24(31)15-4-3-5-17(10-15)34(2,32)33)23(30)28-22(14-7-8-14)16-11-18(26)21(25)19(27)12-16/h3-5,10-14,20,22H,6-9H2,1-2H3,(H,28,30)/t13-,20-,22-/m1/s1. The summed E-state index contributed by atoms with van der Waals surface area (Å²) in [4.78, 5) is 28.1. The van der Waals surface area contributed by atoms with Gasteiger partial charge in [-0.2, -0.15) is 0 Å². The SMILES string of the molecule is C[C@@H]1CC[C@H](C(=O)N[C@@H](c2cc(F)c(Cl)c(F)c2)C2CC2)N1C(=O)c1cccc(S(C)(=O)=O)c1. The monoisotopic (exact) mass is 510 g/mol. The number of nitrogens with one attached hydrogen (secondary N) is 1. The highest BCUT2D eigenvalue weighted by atomic mass is 35.5. The third kappa shape index (κ3) is 4.95. The van der Waals surface area contributed by atoms with Crippen LogP contribution in [0.5, 0.6) is 0 Å². The molecule has 0 unspecified atom stereocenters. The van der Waals surface area contributed by atoms with Crippen molar-refractivity contribution in [3.05, 3.63) is 64.2 Å². The van der Waals surface area contributed by atoms with Crippen molar-refractivity contribution < 1.29 is 26.8 Å². The molecule has 3 atom stereocenters. The number of likely N-dealkylation sites (tertiary alicyclic amines) is 1. The number of benzene rings is 2. The Kier molecular flexibility index (Phi) is 6.70. The Hall–Kier alpha value is -2.52. The number of nitrogens with zero attached hydrogens (tertiary/aromatic N) is 1. The molecule has 0 spiro atoms. The fraction of sp³-hybridized carbons (Fsp3) is 0.417. The molecule has 2 aromatic rings. The summed E-state index contributed by atoms with van der Waals surface area (Å²) in [6.45, 7) is 1.83. The molecule has 2 aliphatic rings. The smallest absolute Gasteiger partial charge is 0.254 e. The lowest BCUT2D eigenvalue weighted by molar-refractivity contribution is -0.126. The first-order valence-corrected chi connectivity index (χ1v) is 13.3. The van der Waals surface area contributed by atoms with Crippen molar-refractivity contribution in [1.29, 1.82) is 0 Å². The van der Waals surface area contributed by atoms with Gasteiger partial charge in [-0.15, -0.1) is 0 Å². The first-order valence-electron chi connectivity index (χ1n) is 11.0. The van der Waals surface area contributed by atoms with Crippen molar-refractivity contribution in [2.45, 2.75) is 55.6 Å². The predicted octanol–water partition coefficient (Wildman–Crippen LogP) is 4.28. The summed E-state index contributed by atoms with van der Waals surface area (Å²) in [5.41, 5.74) is 0.468. The highest BCUT2D eigenvalue weighted by Gasteiger charge is 2.42. The van der Waals surface area contributed by atoms with Crippen molar-refractivity contribution in [2.24, 2.45) is 5.92 Å². The second-order valence-corrected chi connectivity index (χ2v) is 11.5. The van der Waals surface area contributed by atoms with Crippen molar-refractivity contribution in [2.75, 3.05) is 6.26 Å². The molecule has 6 nitrogen and oxygen atoms in total. The van der Waals surface area contributed by atoms with Crippen LogP contribution in [0, 0.1) is 17.6 Å². The molecule has 0 radical (unpaired) electrons. The van der Waals surface area contributed by atoms with Crippen LogP contribution in [0.4, 0.5) is 8.78 Å². The first kappa shape index (κ1) is 24.6. The van der Waals surface area contributed by atoms with Crippen LogP contribution >= 0.6 is 11.6 Å². The summed E-state index contributed by atoms with van der Waals surface area (Å²) >= 11 is 5.61. The van der Waals surface area contributed by atoms with E-state index in [2.05, 4.69) is 5.32 Å². The highest BCUT2D eigenvalue weighted by molar-refractivity contribution is 7.90. The second-order valence-electron chi connectivity index (χ2n) is 9.08. The topological polar surface area (TPSA) is 83.6 Å². The minimum absolute atomic E-state index is 0.0202. The molecule has 34 heavy (non-hydrogen) atoms. The van der Waals surface area contributed by atoms with Gasteiger partial charge >= 0.3 is 0 Å². The number of hydrogen-bond acceptors (Lipinski definition) is 4. The van der Waals surface area contributed by atoms with Crippen LogP contribution in [-0.2, 0) is 14.6 Å². The van der Waals surface area contributed by atoms with Crippen LogP contribution in [-0.4, -0.2) is 43.5 Å². The molecule has 0 bridgehead atoms. The normalized spacial score (nSPS) is 21.4. The van der Waals surface area contributed by atoms with E-state index in [0.29, 0.717) is 18.4 Å². The molecule has 1 aliphatic carbocycles. The lowest BCUT2D eigenvalue weighted by Crippen LogP contribution is -2.49. The van der Waals surface area contributed by atoms with E-state index in [1.807, 2.05) is 6.92 Å². The number of sulfone groups is 1. The Labute approximate surface area is 202 Å². The first-order chi connectivity index (χ1) is 16.0. The Bertz CT molecular complexity index is 1230. The van der Waals surface area contributed by atoms with Gasteiger partial charge < -0.3 is 10.2 Å². The van der Waals surface area contributed by atoms with Crippen LogP contribution < -0.4 is 5.32 Å². The van der Waals surface area contributed by atoms with Crippen LogP contribution in [0.25, 0.3) is 0 Å². The van der Waals surface area contributed by atoms with E-state index >= 15 is 0 Å². The van der Waals surface area contributed by atoms with Gasteiger partial charge in [0.25, 0.3) is 5.91 Å². The number of rotatable bonds is 6. The molecular weight excluding hydrogens is 486 g/mol. The van der Waals surface area contributed by atoms with E-state index in [1.54, 1.807) is 0 Å². The maximum atomic E-state index is 14.1. The molecule has 1 heterocycles. The maximum Gasteiger partial charge on any atom is 0.254 e. The Morgan fingerprint density at radius 1 is 1.09 bits per heavy atom. The van der Waals surface area contributed by atoms with E-state index in [-0.39, 0.29) is 22.4 Å². The van der Waals surface area contributed by atoms with Gasteiger partial charge in [0.2, 0.25) is 5.91 Å². The molecule has 0 aromatic heterocycles. The van der Waals surface area contributed by atoms with Gasteiger partial charge in [-0.1, -0.05) is 17.7 Å². The third-order valence-corrected chi connectivity index (χ3v) is 7.94. The van der Waals surface area contributed by atoms with Crippen molar-refractivity contribution in [3.8, 4) is 0 Å². The molecule has 182 valence electrons. The Balaban J connectivity index is 1.58. The molecule has 10 heteroatoms. The van der Waals surface area contributed by atoms with E-state index in [1.165, 1.54) is 29.2 Å². The van der Waals surface area contributed by atoms with E-state index in [9.17, 15) is 26.8 Å². The zero-order valence-corrected chi connectivity index (χ0v) is 20.3. The summed E-state index contributed by atoms with van der Waals surface area (Å²) < 4.78 is 52.0. The summed E-state index contributed by atoms with van der Waals surface area (Å²) in [5.74, 6) is -2.60. The minimum Gasteiger partial charge on any atom is -0.347 e. The number of halogens is 3. The Morgan fingerprint density at radius 3 is 2.32 bits per heavy atom. The molecule has 1 N–H and O–H groups in total. The number of carbonyl (C=O) groups excluding carboxylic acids is 2. The van der Waals surface area contributed by atoms with Gasteiger partial charge in [-0.25, -0.2) is 17.2 Å². The van der Waals surface area contributed by atoms with Gasteiger partial charge in [0.15, 0.2) is 9.84 Å². The zero-order chi connectivity index (χ0) is 24.8. The van der Waals surface area contributed by atoms with Crippen LogP contribution in [0.15, 0.2) is 41.3 Å². The molecule has 1 saturated heterocycles. The lowest BCUT2D eigenvalue weighted by atomic mass is 10.0. The molecule has 2 fully saturated rings. The van der Waals surface area contributed by atoms with Crippen molar-refractivity contribution >= 4 is 33.3 Å². The van der Waals surface area contributed by atoms with E-state index < -0.39 is 50.4 Å². The van der Waals surface area contributed by atoms with Crippen LogP contribution in [0.1, 0.15) is 54.6 Å².